The first-order chi connectivity index (χ1) is 21.5. The summed E-state index contributed by atoms with van der Waals surface area (Å²) in [5.74, 6) is -5.31. The second kappa shape index (κ2) is 15.4. The second-order valence-electron chi connectivity index (χ2n) is 9.54. The van der Waals surface area contributed by atoms with Gasteiger partial charge in [-0.3, -0.25) is 9.78 Å². The molecule has 1 N–H and O–H groups in total. The van der Waals surface area contributed by atoms with Crippen molar-refractivity contribution < 1.29 is 55.2 Å². The molecule has 0 unspecified atom stereocenters. The van der Waals surface area contributed by atoms with Crippen molar-refractivity contribution in [3.8, 4) is 11.6 Å². The molecule has 10 nitrogen and oxygen atoms in total. The molecule has 240 valence electrons. The molecule has 0 amide bonds. The first kappa shape index (κ1) is 33.3. The van der Waals surface area contributed by atoms with Gasteiger partial charge in [0.25, 0.3) is 0 Å². The lowest BCUT2D eigenvalue weighted by Crippen LogP contribution is -2.20. The lowest BCUT2D eigenvalue weighted by Gasteiger charge is -2.12. The predicted octanol–water partition coefficient (Wildman–Crippen LogP) is 5.60. The van der Waals surface area contributed by atoms with E-state index in [1.54, 1.807) is 36.7 Å². The smallest absolute Gasteiger partial charge is 0.475 e. The van der Waals surface area contributed by atoms with Crippen LogP contribution in [0.2, 0.25) is 0 Å². The lowest BCUT2D eigenvalue weighted by molar-refractivity contribution is -0.276. The van der Waals surface area contributed by atoms with Gasteiger partial charge in [0.05, 0.1) is 17.7 Å². The molecule has 0 saturated carbocycles. The maximum atomic E-state index is 13.8. The van der Waals surface area contributed by atoms with Gasteiger partial charge in [-0.05, 0) is 55.3 Å². The molecule has 0 atom stereocenters. The molecule has 4 aromatic rings. The van der Waals surface area contributed by atoms with Gasteiger partial charge in [-0.2, -0.15) is 0 Å². The van der Waals surface area contributed by atoms with E-state index in [1.165, 1.54) is 6.92 Å². The third kappa shape index (κ3) is 9.68. The number of unbranched alkanes of at least 4 members (excludes halogenated alkanes) is 1. The highest BCUT2D eigenvalue weighted by Gasteiger charge is 2.34. The first-order valence-electron chi connectivity index (χ1n) is 13.6. The fourth-order valence-corrected chi connectivity index (χ4v) is 4.22. The SMILES string of the molecule is CC(=O)OCOC(=O)c1ccc2c(c1)nc(OCCOCCCCNCc1cc(F)c(OC(F)(F)F)c(F)c1)c1ccncc12. The topological polar surface area (TPSA) is 118 Å². The Balaban J connectivity index is 1.21. The number of fused-ring (bicyclic) bond motifs is 3. The molecule has 0 saturated heterocycles. The zero-order valence-electron chi connectivity index (χ0n) is 23.9. The van der Waals surface area contributed by atoms with Gasteiger partial charge in [-0.1, -0.05) is 6.07 Å². The van der Waals surface area contributed by atoms with Gasteiger partial charge < -0.3 is 29.0 Å². The van der Waals surface area contributed by atoms with Crippen molar-refractivity contribution in [1.82, 2.24) is 15.3 Å². The molecule has 45 heavy (non-hydrogen) atoms. The van der Waals surface area contributed by atoms with Crippen LogP contribution >= 0.6 is 0 Å². The number of hydrogen-bond donors (Lipinski definition) is 1. The highest BCUT2D eigenvalue weighted by atomic mass is 19.4. The van der Waals surface area contributed by atoms with Crippen LogP contribution in [0.5, 0.6) is 11.6 Å². The van der Waals surface area contributed by atoms with Crippen LogP contribution in [0.4, 0.5) is 22.0 Å². The van der Waals surface area contributed by atoms with E-state index in [9.17, 15) is 31.5 Å². The largest absolute Gasteiger partial charge is 0.573 e. The van der Waals surface area contributed by atoms with E-state index < -0.39 is 42.5 Å². The number of ether oxygens (including phenoxy) is 5. The van der Waals surface area contributed by atoms with Crippen LogP contribution in [0.3, 0.4) is 0 Å². The number of aromatic nitrogens is 2. The molecule has 0 spiro atoms. The van der Waals surface area contributed by atoms with Gasteiger partial charge >= 0.3 is 18.3 Å². The number of pyridine rings is 2. The number of benzene rings is 2. The van der Waals surface area contributed by atoms with E-state index in [-0.39, 0.29) is 30.9 Å². The monoisotopic (exact) mass is 637 g/mol. The number of halogens is 5. The maximum Gasteiger partial charge on any atom is 0.573 e. The summed E-state index contributed by atoms with van der Waals surface area (Å²) in [5.41, 5.74) is 0.813. The number of carbonyl (C=O) groups is 2. The van der Waals surface area contributed by atoms with Gasteiger partial charge in [0.2, 0.25) is 18.4 Å². The standard InChI is InChI=1S/C30H28F5N3O7/c1-18(39)43-17-44-29(40)20-4-5-21-23-16-37-8-6-22(23)28(38-26(21)14-20)42-11-10-41-9-3-2-7-36-15-19-12-24(31)27(25(32)13-19)45-30(33,34)35/h4-6,8,12-14,16,36H,2-3,7,9-11,15,17H2,1H3. The summed E-state index contributed by atoms with van der Waals surface area (Å²) in [5, 5.41) is 5.19. The molecule has 15 heteroatoms. The average molecular weight is 638 g/mol. The number of nitrogens with zero attached hydrogens (tertiary/aromatic N) is 2. The number of alkyl halides is 3. The molecule has 0 aliphatic heterocycles. The molecule has 0 aliphatic rings. The van der Waals surface area contributed by atoms with Gasteiger partial charge in [-0.25, -0.2) is 18.6 Å². The summed E-state index contributed by atoms with van der Waals surface area (Å²) in [6.07, 6.45) is -0.601. The third-order valence-corrected chi connectivity index (χ3v) is 6.21. The molecule has 2 aromatic heterocycles. The minimum atomic E-state index is -5.20. The molecule has 0 radical (unpaired) electrons. The Morgan fingerprint density at radius 2 is 1.69 bits per heavy atom. The minimum absolute atomic E-state index is 0.0496. The number of hydrogen-bond acceptors (Lipinski definition) is 10. The zero-order valence-corrected chi connectivity index (χ0v) is 23.9. The van der Waals surface area contributed by atoms with Gasteiger partial charge in [0.1, 0.15) is 6.61 Å². The fraction of sp³-hybridized carbons (Fsp3) is 0.333. The number of carbonyl (C=O) groups excluding carboxylic acids is 2. The molecule has 0 bridgehead atoms. The highest BCUT2D eigenvalue weighted by Crippen LogP contribution is 2.31. The van der Waals surface area contributed by atoms with Crippen LogP contribution < -0.4 is 14.8 Å². The van der Waals surface area contributed by atoms with Crippen molar-refractivity contribution in [2.75, 3.05) is 33.2 Å². The molecule has 2 heterocycles. The van der Waals surface area contributed by atoms with E-state index in [0.717, 1.165) is 28.3 Å². The predicted molar refractivity (Wildman–Crippen MR) is 149 cm³/mol. The Labute approximate surface area is 253 Å². The molecule has 0 fully saturated rings. The summed E-state index contributed by atoms with van der Waals surface area (Å²) < 4.78 is 88.9. The minimum Gasteiger partial charge on any atom is -0.475 e. The van der Waals surface area contributed by atoms with E-state index in [0.29, 0.717) is 37.4 Å². The summed E-state index contributed by atoms with van der Waals surface area (Å²) in [6, 6.07) is 8.16. The molecule has 2 aromatic carbocycles. The van der Waals surface area contributed by atoms with Gasteiger partial charge in [0.15, 0.2) is 11.6 Å². The number of rotatable bonds is 15. The first-order valence-corrected chi connectivity index (χ1v) is 13.6. The molecular weight excluding hydrogens is 609 g/mol. The lowest BCUT2D eigenvalue weighted by atomic mass is 10.1. The van der Waals surface area contributed by atoms with Crippen LogP contribution in [0.25, 0.3) is 21.7 Å². The second-order valence-corrected chi connectivity index (χ2v) is 9.54. The van der Waals surface area contributed by atoms with E-state index in [2.05, 4.69) is 24.8 Å². The number of nitrogens with one attached hydrogen (secondary N) is 1. The summed E-state index contributed by atoms with van der Waals surface area (Å²) in [4.78, 5) is 32.0. The van der Waals surface area contributed by atoms with E-state index in [4.69, 9.17) is 14.2 Å². The summed E-state index contributed by atoms with van der Waals surface area (Å²) in [6.45, 7) is 2.07. The fourth-order valence-electron chi connectivity index (χ4n) is 4.22. The highest BCUT2D eigenvalue weighted by molar-refractivity contribution is 6.08. The van der Waals surface area contributed by atoms with Crippen LogP contribution in [0, 0.1) is 11.6 Å². The average Bonchev–Trinajstić information content (AvgIpc) is 2.99. The van der Waals surface area contributed by atoms with E-state index >= 15 is 0 Å². The Morgan fingerprint density at radius 3 is 2.42 bits per heavy atom. The Bertz CT molecular complexity index is 1630. The van der Waals surface area contributed by atoms with Gasteiger partial charge in [0, 0.05) is 48.6 Å². The normalized spacial score (nSPS) is 11.5. The van der Waals surface area contributed by atoms with Crippen molar-refractivity contribution in [1.29, 1.82) is 0 Å². The van der Waals surface area contributed by atoms with Crippen LogP contribution in [-0.2, 0) is 25.5 Å². The molecule has 4 rings (SSSR count). The Kier molecular flexibility index (Phi) is 11.4. The van der Waals surface area contributed by atoms with Crippen molar-refractivity contribution >= 4 is 33.6 Å². The summed E-state index contributed by atoms with van der Waals surface area (Å²) >= 11 is 0. The Morgan fingerprint density at radius 1 is 0.911 bits per heavy atom. The third-order valence-electron chi connectivity index (χ3n) is 6.21. The van der Waals surface area contributed by atoms with Crippen LogP contribution in [0.15, 0.2) is 48.8 Å². The molecular formula is C30H28F5N3O7. The van der Waals surface area contributed by atoms with Crippen LogP contribution in [0.1, 0.15) is 35.7 Å². The number of esters is 2. The summed E-state index contributed by atoms with van der Waals surface area (Å²) in [7, 11) is 0. The van der Waals surface area contributed by atoms with Crippen molar-refractivity contribution in [3.05, 3.63) is 71.6 Å². The van der Waals surface area contributed by atoms with Crippen molar-refractivity contribution in [2.45, 2.75) is 32.7 Å². The van der Waals surface area contributed by atoms with Gasteiger partial charge in [-0.15, -0.1) is 13.2 Å². The van der Waals surface area contributed by atoms with Crippen LogP contribution in [-0.4, -0.2) is 61.4 Å². The zero-order chi connectivity index (χ0) is 32.4. The van der Waals surface area contributed by atoms with Crippen molar-refractivity contribution in [3.63, 3.8) is 0 Å². The quantitative estimate of drug-likeness (QED) is 0.0580. The van der Waals surface area contributed by atoms with E-state index in [1.807, 2.05) is 0 Å². The molecule has 0 aliphatic carbocycles. The Hall–Kier alpha value is -4.63. The van der Waals surface area contributed by atoms with Crippen molar-refractivity contribution in [2.24, 2.45) is 0 Å². The maximum absolute atomic E-state index is 13.8.